The van der Waals surface area contributed by atoms with E-state index in [0.29, 0.717) is 5.56 Å². The van der Waals surface area contributed by atoms with Crippen LogP contribution in [0, 0.1) is 6.92 Å². The molecular formula is C19H32N4O2. The third-order valence-corrected chi connectivity index (χ3v) is 5.65. The van der Waals surface area contributed by atoms with Gasteiger partial charge in [-0.05, 0) is 27.1 Å². The molecule has 1 aromatic rings. The van der Waals surface area contributed by atoms with E-state index in [0.717, 1.165) is 76.6 Å². The maximum atomic E-state index is 10.5. The number of aromatic hydroxyl groups is 2. The molecule has 0 atom stereocenters. The van der Waals surface area contributed by atoms with Crippen molar-refractivity contribution in [2.45, 2.75) is 20.0 Å². The molecule has 0 amide bonds. The molecule has 3 rings (SSSR count). The van der Waals surface area contributed by atoms with Gasteiger partial charge in [0, 0.05) is 82.1 Å². The number of piperazine rings is 2. The monoisotopic (exact) mass is 348 g/mol. The molecule has 1 aromatic carbocycles. The van der Waals surface area contributed by atoms with Crippen LogP contribution in [0.15, 0.2) is 6.07 Å². The molecule has 2 fully saturated rings. The Morgan fingerprint density at radius 3 is 1.44 bits per heavy atom. The lowest BCUT2D eigenvalue weighted by Gasteiger charge is -2.33. The van der Waals surface area contributed by atoms with E-state index >= 15 is 0 Å². The summed E-state index contributed by atoms with van der Waals surface area (Å²) in [5.41, 5.74) is 2.48. The summed E-state index contributed by atoms with van der Waals surface area (Å²) in [7, 11) is 4.29. The molecule has 0 unspecified atom stereocenters. The summed E-state index contributed by atoms with van der Waals surface area (Å²) in [6.45, 7) is 11.6. The Morgan fingerprint density at radius 1 is 0.720 bits per heavy atom. The molecule has 0 aliphatic carbocycles. The van der Waals surface area contributed by atoms with Crippen molar-refractivity contribution in [1.29, 1.82) is 0 Å². The molecule has 0 radical (unpaired) electrons. The van der Waals surface area contributed by atoms with Crippen molar-refractivity contribution in [3.8, 4) is 11.5 Å². The SMILES string of the molecule is Cc1c(O)c(CN2CCN(C)CC2)cc(CN2CCN(C)CC2)c1O. The minimum atomic E-state index is 0.249. The van der Waals surface area contributed by atoms with Gasteiger partial charge in [0.2, 0.25) is 0 Å². The molecular weight excluding hydrogens is 316 g/mol. The van der Waals surface area contributed by atoms with E-state index in [-0.39, 0.29) is 11.5 Å². The second-order valence-electron chi connectivity index (χ2n) is 7.68. The maximum absolute atomic E-state index is 10.5. The third kappa shape index (κ3) is 4.44. The lowest BCUT2D eigenvalue weighted by molar-refractivity contribution is 0.145. The molecule has 6 nitrogen and oxygen atoms in total. The Hall–Kier alpha value is -1.34. The summed E-state index contributed by atoms with van der Waals surface area (Å²) in [6, 6.07) is 2.01. The van der Waals surface area contributed by atoms with E-state index < -0.39 is 0 Å². The van der Waals surface area contributed by atoms with Gasteiger partial charge in [-0.3, -0.25) is 9.80 Å². The Balaban J connectivity index is 1.73. The molecule has 0 aromatic heterocycles. The van der Waals surface area contributed by atoms with Gasteiger partial charge >= 0.3 is 0 Å². The quantitative estimate of drug-likeness (QED) is 0.843. The minimum Gasteiger partial charge on any atom is -0.507 e. The number of likely N-dealkylation sites (N-methyl/N-ethyl adjacent to an activating group) is 2. The van der Waals surface area contributed by atoms with Crippen LogP contribution in [-0.2, 0) is 13.1 Å². The van der Waals surface area contributed by atoms with Crippen LogP contribution >= 0.6 is 0 Å². The summed E-state index contributed by atoms with van der Waals surface area (Å²) in [5, 5.41) is 21.0. The average molecular weight is 348 g/mol. The number of nitrogens with zero attached hydrogens (tertiary/aromatic N) is 4. The Kier molecular flexibility index (Phi) is 5.84. The molecule has 2 N–H and O–H groups in total. The lowest BCUT2D eigenvalue weighted by Crippen LogP contribution is -2.44. The van der Waals surface area contributed by atoms with Crippen LogP contribution in [0.5, 0.6) is 11.5 Å². The fourth-order valence-electron chi connectivity index (χ4n) is 3.68. The Labute approximate surface area is 151 Å². The van der Waals surface area contributed by atoms with Crippen molar-refractivity contribution in [3.63, 3.8) is 0 Å². The van der Waals surface area contributed by atoms with Crippen molar-refractivity contribution in [2.75, 3.05) is 66.5 Å². The van der Waals surface area contributed by atoms with E-state index in [1.54, 1.807) is 0 Å². The molecule has 2 saturated heterocycles. The largest absolute Gasteiger partial charge is 0.507 e. The normalized spacial score (nSPS) is 21.7. The number of hydrogen-bond acceptors (Lipinski definition) is 6. The van der Waals surface area contributed by atoms with Crippen molar-refractivity contribution >= 4 is 0 Å². The summed E-state index contributed by atoms with van der Waals surface area (Å²) in [4.78, 5) is 9.42. The first-order valence-electron chi connectivity index (χ1n) is 9.29. The number of rotatable bonds is 4. The van der Waals surface area contributed by atoms with Gasteiger partial charge in [0.25, 0.3) is 0 Å². The summed E-state index contributed by atoms with van der Waals surface area (Å²) in [5.74, 6) is 0.497. The van der Waals surface area contributed by atoms with Crippen LogP contribution < -0.4 is 0 Å². The molecule has 25 heavy (non-hydrogen) atoms. The fraction of sp³-hybridized carbons (Fsp3) is 0.684. The zero-order valence-corrected chi connectivity index (χ0v) is 15.8. The number of benzene rings is 1. The topological polar surface area (TPSA) is 53.4 Å². The highest BCUT2D eigenvalue weighted by molar-refractivity contribution is 5.52. The van der Waals surface area contributed by atoms with Crippen molar-refractivity contribution < 1.29 is 10.2 Å². The third-order valence-electron chi connectivity index (χ3n) is 5.65. The van der Waals surface area contributed by atoms with E-state index in [4.69, 9.17) is 0 Å². The van der Waals surface area contributed by atoms with Gasteiger partial charge in [0.15, 0.2) is 0 Å². The molecule has 6 heteroatoms. The van der Waals surface area contributed by atoms with Gasteiger partial charge < -0.3 is 20.0 Å². The van der Waals surface area contributed by atoms with E-state index in [9.17, 15) is 10.2 Å². The second kappa shape index (κ2) is 7.91. The zero-order chi connectivity index (χ0) is 18.0. The van der Waals surface area contributed by atoms with Gasteiger partial charge in [-0.25, -0.2) is 0 Å². The zero-order valence-electron chi connectivity index (χ0n) is 15.8. The van der Waals surface area contributed by atoms with E-state index in [1.165, 1.54) is 0 Å². The molecule has 0 saturated carbocycles. The molecule has 2 heterocycles. The second-order valence-corrected chi connectivity index (χ2v) is 7.68. The highest BCUT2D eigenvalue weighted by Crippen LogP contribution is 2.35. The molecule has 0 bridgehead atoms. The van der Waals surface area contributed by atoms with Crippen molar-refractivity contribution in [1.82, 2.24) is 19.6 Å². The van der Waals surface area contributed by atoms with Crippen LogP contribution in [0.2, 0.25) is 0 Å². The minimum absolute atomic E-state index is 0.249. The molecule has 140 valence electrons. The van der Waals surface area contributed by atoms with Crippen LogP contribution in [-0.4, -0.2) is 96.3 Å². The van der Waals surface area contributed by atoms with Crippen molar-refractivity contribution in [2.24, 2.45) is 0 Å². The van der Waals surface area contributed by atoms with Crippen LogP contribution in [0.4, 0.5) is 0 Å². The lowest BCUT2D eigenvalue weighted by atomic mass is 10.0. The fourth-order valence-corrected chi connectivity index (χ4v) is 3.68. The number of hydrogen-bond donors (Lipinski definition) is 2. The predicted molar refractivity (Wildman–Crippen MR) is 100 cm³/mol. The summed E-state index contributed by atoms with van der Waals surface area (Å²) >= 11 is 0. The van der Waals surface area contributed by atoms with Crippen LogP contribution in [0.25, 0.3) is 0 Å². The highest BCUT2D eigenvalue weighted by Gasteiger charge is 2.21. The smallest absolute Gasteiger partial charge is 0.126 e. The van der Waals surface area contributed by atoms with Gasteiger partial charge in [0.05, 0.1) is 0 Å². The van der Waals surface area contributed by atoms with Crippen LogP contribution in [0.3, 0.4) is 0 Å². The summed E-state index contributed by atoms with van der Waals surface area (Å²) in [6.07, 6.45) is 0. The number of phenolic OH excluding ortho intramolecular Hbond substituents is 2. The maximum Gasteiger partial charge on any atom is 0.126 e. The van der Waals surface area contributed by atoms with E-state index in [1.807, 2.05) is 13.0 Å². The van der Waals surface area contributed by atoms with Gasteiger partial charge in [0.1, 0.15) is 11.5 Å². The molecule has 2 aliphatic rings. The van der Waals surface area contributed by atoms with Crippen molar-refractivity contribution in [3.05, 3.63) is 22.8 Å². The predicted octanol–water partition coefficient (Wildman–Crippen LogP) is 0.901. The number of phenols is 2. The molecule has 0 spiro atoms. The standard InChI is InChI=1S/C19H32N4O2/c1-15-18(24)16(13-22-8-4-20(2)5-9-22)12-17(19(15)25)14-23-10-6-21(3)7-11-23/h12,24-25H,4-11,13-14H2,1-3H3. The van der Waals surface area contributed by atoms with Gasteiger partial charge in [-0.2, -0.15) is 0 Å². The Morgan fingerprint density at radius 2 is 1.08 bits per heavy atom. The summed E-state index contributed by atoms with van der Waals surface area (Å²) < 4.78 is 0. The average Bonchev–Trinajstić information content (AvgIpc) is 2.61. The van der Waals surface area contributed by atoms with Gasteiger partial charge in [-0.1, -0.05) is 0 Å². The first-order valence-corrected chi connectivity index (χ1v) is 9.29. The Bertz CT molecular complexity index is 543. The van der Waals surface area contributed by atoms with E-state index in [2.05, 4.69) is 33.7 Å². The first kappa shape index (κ1) is 18.5. The highest BCUT2D eigenvalue weighted by atomic mass is 16.3. The first-order chi connectivity index (χ1) is 11.9. The molecule has 2 aliphatic heterocycles. The van der Waals surface area contributed by atoms with Gasteiger partial charge in [-0.15, -0.1) is 0 Å². The van der Waals surface area contributed by atoms with Crippen LogP contribution in [0.1, 0.15) is 16.7 Å².